The fourth-order valence-corrected chi connectivity index (χ4v) is 1.89. The molecule has 6 heteroatoms. The summed E-state index contributed by atoms with van der Waals surface area (Å²) in [5, 5.41) is 7.81. The number of ether oxygens (including phenoxy) is 1. The van der Waals surface area contributed by atoms with Crippen LogP contribution in [0.5, 0.6) is 0 Å². The van der Waals surface area contributed by atoms with Gasteiger partial charge in [0.25, 0.3) is 0 Å². The number of guanidine groups is 1. The van der Waals surface area contributed by atoms with Crippen LogP contribution in [0, 0.1) is 5.41 Å². The summed E-state index contributed by atoms with van der Waals surface area (Å²) in [7, 11) is 1.85. The molecule has 1 aromatic heterocycles. The highest BCUT2D eigenvalue weighted by Gasteiger charge is 2.19. The van der Waals surface area contributed by atoms with Gasteiger partial charge < -0.3 is 14.5 Å². The molecular formula is C8H12N4OS. The molecule has 14 heavy (non-hydrogen) atoms. The van der Waals surface area contributed by atoms with E-state index >= 15 is 0 Å². The van der Waals surface area contributed by atoms with Crippen molar-refractivity contribution in [1.82, 2.24) is 14.8 Å². The van der Waals surface area contributed by atoms with Gasteiger partial charge in [0.05, 0.1) is 12.1 Å². The van der Waals surface area contributed by atoms with Crippen LogP contribution < -0.4 is 0 Å². The van der Waals surface area contributed by atoms with Gasteiger partial charge in [0.1, 0.15) is 13.5 Å². The highest BCUT2D eigenvalue weighted by atomic mass is 32.1. The summed E-state index contributed by atoms with van der Waals surface area (Å²) in [6.07, 6.45) is 1.83. The predicted molar refractivity (Wildman–Crippen MR) is 54.0 cm³/mol. The SMILES string of the molecule is CN1COCN(Cc2cncs2)C1=N. The van der Waals surface area contributed by atoms with E-state index in [1.54, 1.807) is 21.7 Å². The molecule has 1 fully saturated rings. The minimum absolute atomic E-state index is 0.487. The maximum atomic E-state index is 7.81. The van der Waals surface area contributed by atoms with Crippen molar-refractivity contribution in [3.63, 3.8) is 0 Å². The Morgan fingerprint density at radius 2 is 2.50 bits per heavy atom. The summed E-state index contributed by atoms with van der Waals surface area (Å²) < 4.78 is 5.31. The molecule has 0 radical (unpaired) electrons. The van der Waals surface area contributed by atoms with E-state index in [0.717, 1.165) is 4.88 Å². The van der Waals surface area contributed by atoms with Crippen LogP contribution in [0.15, 0.2) is 11.7 Å². The molecule has 0 spiro atoms. The van der Waals surface area contributed by atoms with Gasteiger partial charge >= 0.3 is 0 Å². The monoisotopic (exact) mass is 212 g/mol. The van der Waals surface area contributed by atoms with Crippen LogP contribution in [-0.4, -0.2) is 41.3 Å². The molecule has 5 nitrogen and oxygen atoms in total. The smallest absolute Gasteiger partial charge is 0.197 e. The van der Waals surface area contributed by atoms with E-state index in [2.05, 4.69) is 4.98 Å². The highest BCUT2D eigenvalue weighted by Crippen LogP contribution is 2.12. The molecule has 0 unspecified atom stereocenters. The van der Waals surface area contributed by atoms with Gasteiger partial charge in [0.2, 0.25) is 0 Å². The molecule has 1 saturated heterocycles. The lowest BCUT2D eigenvalue weighted by molar-refractivity contribution is -0.0217. The highest BCUT2D eigenvalue weighted by molar-refractivity contribution is 7.09. The van der Waals surface area contributed by atoms with E-state index in [1.165, 1.54) is 0 Å². The maximum Gasteiger partial charge on any atom is 0.197 e. The molecule has 0 atom stereocenters. The van der Waals surface area contributed by atoms with Crippen molar-refractivity contribution in [2.75, 3.05) is 20.5 Å². The van der Waals surface area contributed by atoms with E-state index in [0.29, 0.717) is 26.0 Å². The van der Waals surface area contributed by atoms with Crippen LogP contribution in [-0.2, 0) is 11.3 Å². The lowest BCUT2D eigenvalue weighted by Gasteiger charge is -2.35. The van der Waals surface area contributed by atoms with Crippen molar-refractivity contribution < 1.29 is 4.74 Å². The third-order valence-corrected chi connectivity index (χ3v) is 2.79. The van der Waals surface area contributed by atoms with Crippen molar-refractivity contribution in [3.05, 3.63) is 16.6 Å². The standard InChI is InChI=1S/C8H12N4OS/c1-11-5-13-6-12(8(11)9)3-7-2-10-4-14-7/h2,4,9H,3,5-6H2,1H3. The first-order valence-corrected chi connectivity index (χ1v) is 5.15. The second kappa shape index (κ2) is 3.93. The fraction of sp³-hybridized carbons (Fsp3) is 0.500. The summed E-state index contributed by atoms with van der Waals surface area (Å²) in [6, 6.07) is 0. The van der Waals surface area contributed by atoms with Gasteiger partial charge in [-0.15, -0.1) is 11.3 Å². The van der Waals surface area contributed by atoms with Crippen molar-refractivity contribution in [1.29, 1.82) is 5.41 Å². The zero-order valence-electron chi connectivity index (χ0n) is 7.93. The van der Waals surface area contributed by atoms with Crippen molar-refractivity contribution in [3.8, 4) is 0 Å². The van der Waals surface area contributed by atoms with Gasteiger partial charge in [-0.3, -0.25) is 10.4 Å². The topological polar surface area (TPSA) is 52.5 Å². The van der Waals surface area contributed by atoms with Crippen LogP contribution in [0.25, 0.3) is 0 Å². The zero-order valence-corrected chi connectivity index (χ0v) is 8.75. The molecule has 1 aliphatic rings. The quantitative estimate of drug-likeness (QED) is 0.786. The van der Waals surface area contributed by atoms with Gasteiger partial charge in [0.15, 0.2) is 5.96 Å². The molecule has 0 aliphatic carbocycles. The van der Waals surface area contributed by atoms with Crippen molar-refractivity contribution in [2.24, 2.45) is 0 Å². The van der Waals surface area contributed by atoms with E-state index in [-0.39, 0.29) is 0 Å². The average Bonchev–Trinajstić information content (AvgIpc) is 2.66. The van der Waals surface area contributed by atoms with Crippen LogP contribution in [0.1, 0.15) is 4.88 Å². The molecule has 0 amide bonds. The van der Waals surface area contributed by atoms with E-state index < -0.39 is 0 Å². The predicted octanol–water partition coefficient (Wildman–Crippen LogP) is 0.757. The summed E-state index contributed by atoms with van der Waals surface area (Å²) >= 11 is 1.60. The largest absolute Gasteiger partial charge is 0.341 e. The second-order valence-electron chi connectivity index (χ2n) is 3.15. The molecule has 1 N–H and O–H groups in total. The van der Waals surface area contributed by atoms with Crippen LogP contribution in [0.2, 0.25) is 0 Å². The van der Waals surface area contributed by atoms with Gasteiger partial charge in [0, 0.05) is 18.1 Å². The van der Waals surface area contributed by atoms with Gasteiger partial charge in [-0.05, 0) is 0 Å². The van der Waals surface area contributed by atoms with Crippen molar-refractivity contribution >= 4 is 17.3 Å². The van der Waals surface area contributed by atoms with Crippen LogP contribution >= 0.6 is 11.3 Å². The van der Waals surface area contributed by atoms with Gasteiger partial charge in [-0.25, -0.2) is 0 Å². The third-order valence-electron chi connectivity index (χ3n) is 2.02. The minimum Gasteiger partial charge on any atom is -0.341 e. The molecule has 2 heterocycles. The Balaban J connectivity index is 2.00. The van der Waals surface area contributed by atoms with Gasteiger partial charge in [-0.1, -0.05) is 0 Å². The maximum absolute atomic E-state index is 7.81. The van der Waals surface area contributed by atoms with E-state index in [9.17, 15) is 0 Å². The number of thiazole rings is 1. The van der Waals surface area contributed by atoms with Crippen LogP contribution in [0.4, 0.5) is 0 Å². The Labute approximate surface area is 86.4 Å². The first-order chi connectivity index (χ1) is 6.77. The Hall–Kier alpha value is -1.14. The summed E-state index contributed by atoms with van der Waals surface area (Å²) in [5.41, 5.74) is 1.80. The first-order valence-electron chi connectivity index (χ1n) is 4.27. The zero-order chi connectivity index (χ0) is 9.97. The molecule has 0 saturated carbocycles. The lowest BCUT2D eigenvalue weighted by Crippen LogP contribution is -2.48. The van der Waals surface area contributed by atoms with Crippen LogP contribution in [0.3, 0.4) is 0 Å². The molecule has 0 aromatic carbocycles. The normalized spacial score (nSPS) is 17.6. The first kappa shape index (κ1) is 9.42. The average molecular weight is 212 g/mol. The molecule has 0 bridgehead atoms. The Kier molecular flexibility index (Phi) is 2.64. The molecule has 1 aliphatic heterocycles. The molecule has 1 aromatic rings. The lowest BCUT2D eigenvalue weighted by atomic mass is 10.5. The number of nitrogens with one attached hydrogen (secondary N) is 1. The Morgan fingerprint density at radius 1 is 1.64 bits per heavy atom. The number of rotatable bonds is 2. The van der Waals surface area contributed by atoms with E-state index in [4.69, 9.17) is 10.1 Å². The van der Waals surface area contributed by atoms with Crippen molar-refractivity contribution in [2.45, 2.75) is 6.54 Å². The Morgan fingerprint density at radius 3 is 3.21 bits per heavy atom. The Bertz CT molecular complexity index is 313. The number of nitrogens with zero attached hydrogens (tertiary/aromatic N) is 3. The number of hydrogen-bond acceptors (Lipinski definition) is 4. The summed E-state index contributed by atoms with van der Waals surface area (Å²) in [5.74, 6) is 0.504. The number of hydrogen-bond donors (Lipinski definition) is 1. The minimum atomic E-state index is 0.487. The summed E-state index contributed by atoms with van der Waals surface area (Å²) in [4.78, 5) is 8.79. The number of aromatic nitrogens is 1. The third kappa shape index (κ3) is 1.85. The second-order valence-corrected chi connectivity index (χ2v) is 4.12. The van der Waals surface area contributed by atoms with E-state index in [1.807, 2.05) is 18.1 Å². The van der Waals surface area contributed by atoms with Gasteiger partial charge in [-0.2, -0.15) is 0 Å². The summed E-state index contributed by atoms with van der Waals surface area (Å²) in [6.45, 7) is 1.69. The fourth-order valence-electron chi connectivity index (χ4n) is 1.28. The molecular weight excluding hydrogens is 200 g/mol. The molecule has 2 rings (SSSR count). The molecule has 76 valence electrons.